The van der Waals surface area contributed by atoms with Crippen LogP contribution in [0.1, 0.15) is 57.6 Å². The minimum atomic E-state index is -1.49. The van der Waals surface area contributed by atoms with Crippen LogP contribution < -0.4 is 0 Å². The highest BCUT2D eigenvalue weighted by Crippen LogP contribution is 2.47. The van der Waals surface area contributed by atoms with Crippen molar-refractivity contribution in [2.75, 3.05) is 0 Å². The first-order valence-electron chi connectivity index (χ1n) is 10.3. The molecule has 0 radical (unpaired) electrons. The molecule has 2 saturated heterocycles. The Hall–Kier alpha value is -2.31. The molecule has 0 saturated carbocycles. The van der Waals surface area contributed by atoms with Gasteiger partial charge in [-0.3, -0.25) is 4.98 Å². The zero-order valence-electron chi connectivity index (χ0n) is 18.4. The summed E-state index contributed by atoms with van der Waals surface area (Å²) in [5, 5.41) is 10.2. The molecule has 3 atom stereocenters. The first-order chi connectivity index (χ1) is 13.4. The summed E-state index contributed by atoms with van der Waals surface area (Å²) in [5.74, 6) is 3.25. The number of nitriles is 1. The van der Waals surface area contributed by atoms with Crippen LogP contribution in [0.2, 0.25) is 19.6 Å². The van der Waals surface area contributed by atoms with Crippen LogP contribution in [0.15, 0.2) is 18.5 Å². The Balaban J connectivity index is 1.87. The highest BCUT2D eigenvalue weighted by molar-refractivity contribution is 6.83. The molecule has 29 heavy (non-hydrogen) atoms. The second kappa shape index (κ2) is 7.50. The number of fused-ring (bicyclic) bond motifs is 2. The van der Waals surface area contributed by atoms with Crippen molar-refractivity contribution in [2.45, 2.75) is 89.2 Å². The van der Waals surface area contributed by atoms with E-state index in [0.717, 1.165) is 24.0 Å². The van der Waals surface area contributed by atoms with Crippen molar-refractivity contribution >= 4 is 14.2 Å². The molecule has 3 heterocycles. The Bertz CT molecular complexity index is 882. The molecule has 2 fully saturated rings. The number of aromatic nitrogens is 1. The maximum absolute atomic E-state index is 12.7. The van der Waals surface area contributed by atoms with E-state index in [0.29, 0.717) is 12.8 Å². The number of pyridine rings is 1. The van der Waals surface area contributed by atoms with Gasteiger partial charge in [-0.1, -0.05) is 25.6 Å². The molecule has 1 aromatic rings. The van der Waals surface area contributed by atoms with Gasteiger partial charge < -0.3 is 9.64 Å². The van der Waals surface area contributed by atoms with Crippen LogP contribution in [0.4, 0.5) is 4.79 Å². The van der Waals surface area contributed by atoms with E-state index >= 15 is 0 Å². The van der Waals surface area contributed by atoms with Crippen LogP contribution in [-0.2, 0) is 10.2 Å². The van der Waals surface area contributed by atoms with E-state index in [1.165, 1.54) is 0 Å². The summed E-state index contributed by atoms with van der Waals surface area (Å²) in [6.07, 6.45) is 6.37. The van der Waals surface area contributed by atoms with Gasteiger partial charge in [-0.15, -0.1) is 5.54 Å². The van der Waals surface area contributed by atoms with Crippen molar-refractivity contribution in [2.24, 2.45) is 0 Å². The third kappa shape index (κ3) is 4.82. The monoisotopic (exact) mass is 409 g/mol. The zero-order chi connectivity index (χ0) is 21.4. The van der Waals surface area contributed by atoms with Crippen LogP contribution in [0.3, 0.4) is 0 Å². The summed E-state index contributed by atoms with van der Waals surface area (Å²) in [6, 6.07) is 4.66. The van der Waals surface area contributed by atoms with Gasteiger partial charge in [-0.25, -0.2) is 4.79 Å². The van der Waals surface area contributed by atoms with Gasteiger partial charge in [0.15, 0.2) is 0 Å². The van der Waals surface area contributed by atoms with Crippen LogP contribution in [0, 0.1) is 22.8 Å². The number of carbonyl (C=O) groups is 1. The molecule has 1 aromatic heterocycles. The number of carbonyl (C=O) groups excluding carboxylic acids is 1. The molecule has 5 nitrogen and oxygen atoms in total. The van der Waals surface area contributed by atoms with Crippen LogP contribution in [0.5, 0.6) is 0 Å². The highest BCUT2D eigenvalue weighted by atomic mass is 28.3. The summed E-state index contributed by atoms with van der Waals surface area (Å²) in [7, 11) is -1.49. The van der Waals surface area contributed by atoms with Crippen molar-refractivity contribution in [1.82, 2.24) is 9.88 Å². The van der Waals surface area contributed by atoms with E-state index in [2.05, 4.69) is 42.2 Å². The quantitative estimate of drug-likeness (QED) is 0.501. The standard InChI is InChI=1S/C23H31N3O2Si/c1-22(2,3)28-21(27)26-19-7-8-20(26)13-23(12-19,16-24)18-11-17(14-25-15-18)9-10-29(4,5)6/h11,14-15,19-20H,7-8,12-13H2,1-6H3/t19-,20+,23+. The van der Waals surface area contributed by atoms with Gasteiger partial charge in [0, 0.05) is 30.0 Å². The molecule has 0 aliphatic carbocycles. The van der Waals surface area contributed by atoms with Crippen molar-refractivity contribution in [3.8, 4) is 17.5 Å². The smallest absolute Gasteiger partial charge is 0.410 e. The molecule has 0 N–H and O–H groups in total. The maximum atomic E-state index is 12.7. The van der Waals surface area contributed by atoms with Crippen LogP contribution >= 0.6 is 0 Å². The topological polar surface area (TPSA) is 66.2 Å². The van der Waals surface area contributed by atoms with Gasteiger partial charge in [0.2, 0.25) is 0 Å². The van der Waals surface area contributed by atoms with E-state index in [1.807, 2.05) is 31.7 Å². The maximum Gasteiger partial charge on any atom is 0.410 e. The molecule has 2 bridgehead atoms. The lowest BCUT2D eigenvalue weighted by Crippen LogP contribution is -2.52. The molecule has 0 unspecified atom stereocenters. The minimum absolute atomic E-state index is 0.0278. The zero-order valence-corrected chi connectivity index (χ0v) is 19.4. The largest absolute Gasteiger partial charge is 0.444 e. The minimum Gasteiger partial charge on any atom is -0.444 e. The van der Waals surface area contributed by atoms with Crippen LogP contribution in [0.25, 0.3) is 0 Å². The average molecular weight is 410 g/mol. The summed E-state index contributed by atoms with van der Waals surface area (Å²) in [6.45, 7) is 12.3. The number of amides is 1. The summed E-state index contributed by atoms with van der Waals surface area (Å²) in [4.78, 5) is 19.0. The SMILES string of the molecule is CC(C)(C)OC(=O)N1[C@@H]2CC[C@H]1C[C@@](C#N)(c1cncc(C#C[Si](C)(C)C)c1)C2. The average Bonchev–Trinajstić information content (AvgIpc) is 2.89. The third-order valence-electron chi connectivity index (χ3n) is 5.48. The first-order valence-corrected chi connectivity index (χ1v) is 13.8. The molecule has 0 aromatic carbocycles. The first kappa shape index (κ1) is 21.4. The van der Waals surface area contributed by atoms with E-state index < -0.39 is 19.1 Å². The summed E-state index contributed by atoms with van der Waals surface area (Å²) >= 11 is 0. The number of rotatable bonds is 1. The number of hydrogen-bond acceptors (Lipinski definition) is 4. The van der Waals surface area contributed by atoms with Gasteiger partial charge in [-0.2, -0.15) is 5.26 Å². The second-order valence-corrected chi connectivity index (χ2v) is 15.1. The Morgan fingerprint density at radius 2 is 1.86 bits per heavy atom. The fourth-order valence-corrected chi connectivity index (χ4v) is 4.80. The van der Waals surface area contributed by atoms with Crippen molar-refractivity contribution < 1.29 is 9.53 Å². The molecular weight excluding hydrogens is 378 g/mol. The van der Waals surface area contributed by atoms with Crippen molar-refractivity contribution in [1.29, 1.82) is 5.26 Å². The fraction of sp³-hybridized carbons (Fsp3) is 0.609. The number of nitrogens with zero attached hydrogens (tertiary/aromatic N) is 3. The summed E-state index contributed by atoms with van der Waals surface area (Å²) in [5.41, 5.74) is 4.00. The molecule has 154 valence electrons. The molecule has 2 aliphatic rings. The molecule has 0 spiro atoms. The van der Waals surface area contributed by atoms with E-state index in [9.17, 15) is 10.1 Å². The Morgan fingerprint density at radius 3 is 2.38 bits per heavy atom. The van der Waals surface area contributed by atoms with E-state index in [1.54, 1.807) is 12.4 Å². The predicted octanol–water partition coefficient (Wildman–Crippen LogP) is 4.63. The predicted molar refractivity (Wildman–Crippen MR) is 116 cm³/mol. The molecule has 6 heteroatoms. The lowest BCUT2D eigenvalue weighted by molar-refractivity contribution is 0.00232. The lowest BCUT2D eigenvalue weighted by Gasteiger charge is -2.43. The molecule has 2 aliphatic heterocycles. The van der Waals surface area contributed by atoms with Crippen molar-refractivity contribution in [3.05, 3.63) is 29.6 Å². The highest BCUT2D eigenvalue weighted by Gasteiger charge is 2.52. The van der Waals surface area contributed by atoms with Crippen LogP contribution in [-0.4, -0.2) is 41.7 Å². The van der Waals surface area contributed by atoms with E-state index in [-0.39, 0.29) is 18.2 Å². The second-order valence-electron chi connectivity index (χ2n) is 10.3. The normalized spacial score (nSPS) is 26.3. The number of ether oxygens (including phenoxy) is 1. The van der Waals surface area contributed by atoms with Gasteiger partial charge >= 0.3 is 6.09 Å². The van der Waals surface area contributed by atoms with E-state index in [4.69, 9.17) is 4.74 Å². The number of piperidine rings is 1. The van der Waals surface area contributed by atoms with Gasteiger partial charge in [-0.05, 0) is 58.1 Å². The molecule has 3 rings (SSSR count). The fourth-order valence-electron chi connectivity index (χ4n) is 4.28. The lowest BCUT2D eigenvalue weighted by atomic mass is 9.71. The summed E-state index contributed by atoms with van der Waals surface area (Å²) < 4.78 is 5.63. The number of hydrogen-bond donors (Lipinski definition) is 0. The Labute approximate surface area is 175 Å². The van der Waals surface area contributed by atoms with Gasteiger partial charge in [0.05, 0.1) is 11.5 Å². The Kier molecular flexibility index (Phi) is 5.53. The molecule has 1 amide bonds. The molecular formula is C23H31N3O2Si. The Morgan fingerprint density at radius 1 is 1.24 bits per heavy atom. The third-order valence-corrected chi connectivity index (χ3v) is 6.35. The van der Waals surface area contributed by atoms with Gasteiger partial charge in [0.25, 0.3) is 0 Å². The van der Waals surface area contributed by atoms with Crippen molar-refractivity contribution in [3.63, 3.8) is 0 Å². The van der Waals surface area contributed by atoms with Gasteiger partial charge in [0.1, 0.15) is 13.7 Å².